The minimum atomic E-state index is 0.173. The second-order valence-corrected chi connectivity index (χ2v) is 5.78. The van der Waals surface area contributed by atoms with Crippen molar-refractivity contribution < 1.29 is 5.11 Å². The Bertz CT molecular complexity index is 341. The van der Waals surface area contributed by atoms with Crippen molar-refractivity contribution in [2.24, 2.45) is 5.92 Å². The lowest BCUT2D eigenvalue weighted by Gasteiger charge is -2.24. The Balaban J connectivity index is 2.52. The molecule has 0 radical (unpaired) electrons. The third-order valence-electron chi connectivity index (χ3n) is 2.93. The third-order valence-corrected chi connectivity index (χ3v) is 2.93. The second-order valence-electron chi connectivity index (χ2n) is 5.78. The van der Waals surface area contributed by atoms with Gasteiger partial charge in [-0.1, -0.05) is 25.5 Å². The van der Waals surface area contributed by atoms with E-state index in [1.165, 1.54) is 5.56 Å². The minimum absolute atomic E-state index is 0.173. The van der Waals surface area contributed by atoms with Crippen LogP contribution in [0.15, 0.2) is 24.3 Å². The van der Waals surface area contributed by atoms with Crippen LogP contribution >= 0.6 is 0 Å². The van der Waals surface area contributed by atoms with Crippen LogP contribution in [0.3, 0.4) is 0 Å². The van der Waals surface area contributed by atoms with E-state index in [1.54, 1.807) is 6.07 Å². The maximum Gasteiger partial charge on any atom is 0.115 e. The van der Waals surface area contributed by atoms with Gasteiger partial charge in [0.25, 0.3) is 0 Å². The van der Waals surface area contributed by atoms with E-state index in [0.717, 1.165) is 19.4 Å². The van der Waals surface area contributed by atoms with Gasteiger partial charge in [0.1, 0.15) is 5.75 Å². The summed E-state index contributed by atoms with van der Waals surface area (Å²) >= 11 is 0. The number of aromatic hydroxyl groups is 1. The molecule has 1 aromatic rings. The Hall–Kier alpha value is -1.02. The molecule has 1 unspecified atom stereocenters. The van der Waals surface area contributed by atoms with Crippen LogP contribution in [-0.2, 0) is 6.42 Å². The van der Waals surface area contributed by atoms with E-state index >= 15 is 0 Å². The minimum Gasteiger partial charge on any atom is -0.508 e. The third kappa shape index (κ3) is 5.73. The van der Waals surface area contributed by atoms with E-state index in [0.29, 0.717) is 11.7 Å². The smallest absolute Gasteiger partial charge is 0.115 e. The van der Waals surface area contributed by atoms with Crippen molar-refractivity contribution in [2.75, 3.05) is 6.54 Å². The Morgan fingerprint density at radius 3 is 2.53 bits per heavy atom. The summed E-state index contributed by atoms with van der Waals surface area (Å²) in [6.45, 7) is 9.81. The molecule has 0 bridgehead atoms. The van der Waals surface area contributed by atoms with Crippen LogP contribution in [0.4, 0.5) is 0 Å². The first kappa shape index (κ1) is 14.0. The van der Waals surface area contributed by atoms with Gasteiger partial charge in [-0.2, -0.15) is 0 Å². The highest BCUT2D eigenvalue weighted by molar-refractivity contribution is 5.27. The van der Waals surface area contributed by atoms with Gasteiger partial charge in [-0.15, -0.1) is 0 Å². The van der Waals surface area contributed by atoms with Gasteiger partial charge >= 0.3 is 0 Å². The highest BCUT2D eigenvalue weighted by Crippen LogP contribution is 2.17. The van der Waals surface area contributed by atoms with E-state index in [2.05, 4.69) is 39.1 Å². The number of rotatable bonds is 5. The predicted molar refractivity (Wildman–Crippen MR) is 73.3 cm³/mol. The predicted octanol–water partition coefficient (Wildman–Crippen LogP) is 3.35. The summed E-state index contributed by atoms with van der Waals surface area (Å²) in [6, 6.07) is 7.58. The fourth-order valence-electron chi connectivity index (χ4n) is 1.83. The highest BCUT2D eigenvalue weighted by Gasteiger charge is 2.13. The van der Waals surface area contributed by atoms with Crippen LogP contribution in [0, 0.1) is 5.92 Å². The molecule has 2 N–H and O–H groups in total. The first-order valence-corrected chi connectivity index (χ1v) is 6.43. The van der Waals surface area contributed by atoms with Crippen molar-refractivity contribution >= 4 is 0 Å². The van der Waals surface area contributed by atoms with E-state index in [1.807, 2.05) is 12.1 Å². The highest BCUT2D eigenvalue weighted by atomic mass is 16.3. The molecule has 0 aliphatic rings. The number of nitrogens with one attached hydrogen (secondary N) is 1. The summed E-state index contributed by atoms with van der Waals surface area (Å²) in [5.74, 6) is 0.983. The van der Waals surface area contributed by atoms with E-state index < -0.39 is 0 Å². The first-order valence-electron chi connectivity index (χ1n) is 6.43. The Morgan fingerprint density at radius 1 is 1.29 bits per heavy atom. The topological polar surface area (TPSA) is 32.3 Å². The van der Waals surface area contributed by atoms with Gasteiger partial charge < -0.3 is 10.4 Å². The maximum atomic E-state index is 9.44. The quantitative estimate of drug-likeness (QED) is 0.820. The molecule has 0 fully saturated rings. The molecule has 0 saturated heterocycles. The lowest BCUT2D eigenvalue weighted by Crippen LogP contribution is -2.39. The first-order chi connectivity index (χ1) is 7.90. The fourth-order valence-corrected chi connectivity index (χ4v) is 1.83. The summed E-state index contributed by atoms with van der Waals surface area (Å²) in [6.07, 6.45) is 2.17. The molecule has 0 saturated carbocycles. The summed E-state index contributed by atoms with van der Waals surface area (Å²) in [4.78, 5) is 0. The molecule has 17 heavy (non-hydrogen) atoms. The second kappa shape index (κ2) is 6.06. The van der Waals surface area contributed by atoms with E-state index in [4.69, 9.17) is 0 Å². The largest absolute Gasteiger partial charge is 0.508 e. The molecule has 0 aliphatic carbocycles. The maximum absolute atomic E-state index is 9.44. The normalized spacial score (nSPS) is 13.6. The fraction of sp³-hybridized carbons (Fsp3) is 0.600. The average Bonchev–Trinajstić information content (AvgIpc) is 2.23. The lowest BCUT2D eigenvalue weighted by atomic mass is 9.95. The number of benzene rings is 1. The monoisotopic (exact) mass is 235 g/mol. The molecule has 2 nitrogen and oxygen atoms in total. The molecule has 0 aromatic heterocycles. The summed E-state index contributed by atoms with van der Waals surface area (Å²) in [5, 5.41) is 13.0. The SMILES string of the molecule is CCC(CNC(C)(C)C)Cc1cccc(O)c1. The van der Waals surface area contributed by atoms with Gasteiger partial charge in [0, 0.05) is 5.54 Å². The zero-order valence-corrected chi connectivity index (χ0v) is 11.5. The van der Waals surface area contributed by atoms with Crippen LogP contribution in [0.1, 0.15) is 39.7 Å². The molecular formula is C15H25NO. The van der Waals surface area contributed by atoms with Crippen molar-refractivity contribution in [1.29, 1.82) is 0 Å². The van der Waals surface area contributed by atoms with E-state index in [9.17, 15) is 5.11 Å². The van der Waals surface area contributed by atoms with Crippen LogP contribution in [0.2, 0.25) is 0 Å². The molecule has 0 aliphatic heterocycles. The van der Waals surface area contributed by atoms with Gasteiger partial charge in [0.15, 0.2) is 0 Å². The molecule has 2 heteroatoms. The zero-order valence-electron chi connectivity index (χ0n) is 11.5. The molecule has 1 aromatic carbocycles. The summed E-state index contributed by atoms with van der Waals surface area (Å²) < 4.78 is 0. The van der Waals surface area contributed by atoms with Crippen molar-refractivity contribution in [3.63, 3.8) is 0 Å². The van der Waals surface area contributed by atoms with Gasteiger partial charge in [-0.3, -0.25) is 0 Å². The summed E-state index contributed by atoms with van der Waals surface area (Å²) in [5.41, 5.74) is 1.39. The van der Waals surface area contributed by atoms with Crippen LogP contribution in [-0.4, -0.2) is 17.2 Å². The van der Waals surface area contributed by atoms with Crippen LogP contribution in [0.25, 0.3) is 0 Å². The Labute approximate surface area is 105 Å². The Morgan fingerprint density at radius 2 is 2.00 bits per heavy atom. The van der Waals surface area contributed by atoms with Crippen molar-refractivity contribution in [3.05, 3.63) is 29.8 Å². The van der Waals surface area contributed by atoms with Gasteiger partial charge in [0.2, 0.25) is 0 Å². The molecular weight excluding hydrogens is 210 g/mol. The lowest BCUT2D eigenvalue weighted by molar-refractivity contribution is 0.362. The average molecular weight is 235 g/mol. The molecule has 1 atom stereocenters. The number of phenols is 1. The summed E-state index contributed by atoms with van der Waals surface area (Å²) in [7, 11) is 0. The van der Waals surface area contributed by atoms with Crippen molar-refractivity contribution in [2.45, 2.75) is 46.1 Å². The molecule has 96 valence electrons. The van der Waals surface area contributed by atoms with Crippen molar-refractivity contribution in [1.82, 2.24) is 5.32 Å². The molecule has 0 spiro atoms. The Kier molecular flexibility index (Phi) is 5.01. The molecule has 0 heterocycles. The molecule has 0 amide bonds. The standard InChI is InChI=1S/C15H25NO/c1-5-12(11-16-15(2,3)4)9-13-7-6-8-14(17)10-13/h6-8,10,12,16-17H,5,9,11H2,1-4H3. The van der Waals surface area contributed by atoms with Crippen LogP contribution in [0.5, 0.6) is 5.75 Å². The van der Waals surface area contributed by atoms with Crippen molar-refractivity contribution in [3.8, 4) is 5.75 Å². The van der Waals surface area contributed by atoms with Gasteiger partial charge in [-0.05, 0) is 57.4 Å². The number of phenolic OH excluding ortho intramolecular Hbond substituents is 1. The zero-order chi connectivity index (χ0) is 12.9. The van der Waals surface area contributed by atoms with E-state index in [-0.39, 0.29) is 5.54 Å². The van der Waals surface area contributed by atoms with Crippen LogP contribution < -0.4 is 5.32 Å². The molecule has 1 rings (SSSR count). The van der Waals surface area contributed by atoms with Gasteiger partial charge in [-0.25, -0.2) is 0 Å². The van der Waals surface area contributed by atoms with Gasteiger partial charge in [0.05, 0.1) is 0 Å². The number of hydrogen-bond acceptors (Lipinski definition) is 2. The number of hydrogen-bond donors (Lipinski definition) is 2.